The maximum atomic E-state index is 12.8. The van der Waals surface area contributed by atoms with Gasteiger partial charge in [0.15, 0.2) is 0 Å². The number of amides is 1. The molecule has 1 aliphatic carbocycles. The van der Waals surface area contributed by atoms with Crippen molar-refractivity contribution >= 4 is 17.7 Å². The molecule has 4 rings (SSSR count). The fraction of sp³-hybridized carbons (Fsp3) is 0.385. The Balaban J connectivity index is 1.64. The number of rotatable bonds is 7. The van der Waals surface area contributed by atoms with E-state index in [4.69, 9.17) is 4.98 Å². The number of hydrogen-bond acceptors (Lipinski definition) is 5. The maximum absolute atomic E-state index is 12.8. The van der Waals surface area contributed by atoms with Crippen LogP contribution >= 0.6 is 11.8 Å². The highest BCUT2D eigenvalue weighted by atomic mass is 32.2. The third-order valence-corrected chi connectivity index (χ3v) is 7.15. The van der Waals surface area contributed by atoms with Crippen molar-refractivity contribution in [2.75, 3.05) is 0 Å². The quantitative estimate of drug-likeness (QED) is 0.468. The van der Waals surface area contributed by atoms with Gasteiger partial charge in [0, 0.05) is 17.2 Å². The van der Waals surface area contributed by atoms with Crippen molar-refractivity contribution in [3.8, 4) is 22.5 Å². The normalized spacial score (nSPS) is 15.0. The minimum Gasteiger partial charge on any atom is -0.352 e. The van der Waals surface area contributed by atoms with E-state index < -0.39 is 0 Å². The van der Waals surface area contributed by atoms with Gasteiger partial charge in [-0.15, -0.1) is 10.2 Å². The number of aromatic nitrogens is 3. The van der Waals surface area contributed by atoms with Crippen LogP contribution in [0, 0.1) is 13.8 Å². The van der Waals surface area contributed by atoms with Gasteiger partial charge in [0.25, 0.3) is 0 Å². The first-order chi connectivity index (χ1) is 15.5. The van der Waals surface area contributed by atoms with E-state index in [0.717, 1.165) is 35.4 Å². The van der Waals surface area contributed by atoms with Crippen LogP contribution in [-0.2, 0) is 4.79 Å². The molecule has 2 aromatic carbocycles. The lowest BCUT2D eigenvalue weighted by Crippen LogP contribution is -2.38. The number of nitrogens with zero attached hydrogens (tertiary/aromatic N) is 3. The van der Waals surface area contributed by atoms with Crippen molar-refractivity contribution < 1.29 is 4.79 Å². The number of nitrogens with one attached hydrogen (secondary N) is 1. The Hall–Kier alpha value is -2.73. The molecule has 1 aromatic heterocycles. The summed E-state index contributed by atoms with van der Waals surface area (Å²) in [7, 11) is 0. The van der Waals surface area contributed by atoms with Crippen molar-refractivity contribution in [3.63, 3.8) is 0 Å². The molecule has 1 fully saturated rings. The molecule has 0 bridgehead atoms. The first-order valence-electron chi connectivity index (χ1n) is 11.4. The molecular weight excluding hydrogens is 416 g/mol. The SMILES string of the molecule is CCC(Sc1nnc(-c2ccc(C)cc2)c(-c2ccc(C)cc2)n1)C(=O)NC1CCCC1. The molecule has 1 amide bonds. The highest BCUT2D eigenvalue weighted by Crippen LogP contribution is 2.32. The van der Waals surface area contributed by atoms with Gasteiger partial charge in [-0.05, 0) is 33.1 Å². The van der Waals surface area contributed by atoms with Crippen LogP contribution in [0.5, 0.6) is 0 Å². The van der Waals surface area contributed by atoms with Gasteiger partial charge in [-0.1, -0.05) is 91.2 Å². The number of carbonyl (C=O) groups excluding carboxylic acids is 1. The number of hydrogen-bond donors (Lipinski definition) is 1. The fourth-order valence-electron chi connectivity index (χ4n) is 3.99. The van der Waals surface area contributed by atoms with E-state index in [-0.39, 0.29) is 11.2 Å². The average Bonchev–Trinajstić information content (AvgIpc) is 3.31. The Morgan fingerprint density at radius 1 is 0.938 bits per heavy atom. The molecule has 0 saturated heterocycles. The maximum Gasteiger partial charge on any atom is 0.233 e. The molecule has 5 nitrogen and oxygen atoms in total. The van der Waals surface area contributed by atoms with Gasteiger partial charge in [-0.3, -0.25) is 4.79 Å². The minimum atomic E-state index is -0.228. The van der Waals surface area contributed by atoms with Crippen LogP contribution < -0.4 is 5.32 Å². The van der Waals surface area contributed by atoms with Gasteiger partial charge < -0.3 is 5.32 Å². The van der Waals surface area contributed by atoms with Gasteiger partial charge in [0.05, 0.1) is 5.25 Å². The number of benzene rings is 2. The van der Waals surface area contributed by atoms with Crippen LogP contribution in [0.25, 0.3) is 22.5 Å². The summed E-state index contributed by atoms with van der Waals surface area (Å²) < 4.78 is 0. The summed E-state index contributed by atoms with van der Waals surface area (Å²) in [4.78, 5) is 17.7. The van der Waals surface area contributed by atoms with Gasteiger partial charge in [0.2, 0.25) is 11.1 Å². The summed E-state index contributed by atoms with van der Waals surface area (Å²) in [6, 6.07) is 16.8. The summed E-state index contributed by atoms with van der Waals surface area (Å²) in [6.45, 7) is 6.16. The largest absolute Gasteiger partial charge is 0.352 e. The highest BCUT2D eigenvalue weighted by molar-refractivity contribution is 8.00. The molecule has 3 aromatic rings. The fourth-order valence-corrected chi connectivity index (χ4v) is 4.82. The Bertz CT molecular complexity index is 1060. The van der Waals surface area contributed by atoms with E-state index >= 15 is 0 Å². The summed E-state index contributed by atoms with van der Waals surface area (Å²) in [6.07, 6.45) is 5.26. The smallest absolute Gasteiger partial charge is 0.233 e. The van der Waals surface area contributed by atoms with E-state index in [1.165, 1.54) is 35.7 Å². The second-order valence-corrected chi connectivity index (χ2v) is 9.70. The van der Waals surface area contributed by atoms with Crippen LogP contribution in [0.1, 0.15) is 50.2 Å². The van der Waals surface area contributed by atoms with Gasteiger partial charge in [-0.25, -0.2) is 4.98 Å². The molecule has 0 spiro atoms. The molecule has 1 heterocycles. The van der Waals surface area contributed by atoms with E-state index in [2.05, 4.69) is 77.9 Å². The Labute approximate surface area is 194 Å². The third kappa shape index (κ3) is 5.36. The summed E-state index contributed by atoms with van der Waals surface area (Å²) in [5.74, 6) is 0.0764. The second-order valence-electron chi connectivity index (χ2n) is 8.53. The molecule has 6 heteroatoms. The minimum absolute atomic E-state index is 0.0764. The van der Waals surface area contributed by atoms with Crippen LogP contribution in [-0.4, -0.2) is 32.4 Å². The molecular formula is C26H30N4OS. The van der Waals surface area contributed by atoms with E-state index in [1.54, 1.807) is 0 Å². The second kappa shape index (κ2) is 10.3. The molecule has 1 saturated carbocycles. The van der Waals surface area contributed by atoms with Crippen LogP contribution in [0.4, 0.5) is 0 Å². The number of thioether (sulfide) groups is 1. The number of aryl methyl sites for hydroxylation is 2. The summed E-state index contributed by atoms with van der Waals surface area (Å²) in [5, 5.41) is 12.5. The molecule has 1 N–H and O–H groups in total. The molecule has 0 aliphatic heterocycles. The lowest BCUT2D eigenvalue weighted by molar-refractivity contribution is -0.121. The topological polar surface area (TPSA) is 67.8 Å². The Kier molecular flexibility index (Phi) is 7.20. The Morgan fingerprint density at radius 3 is 2.06 bits per heavy atom. The molecule has 166 valence electrons. The van der Waals surface area contributed by atoms with E-state index in [1.807, 2.05) is 6.92 Å². The van der Waals surface area contributed by atoms with Crippen LogP contribution in [0.15, 0.2) is 53.7 Å². The van der Waals surface area contributed by atoms with Crippen molar-refractivity contribution in [2.45, 2.75) is 69.3 Å². The molecule has 1 aliphatic rings. The zero-order valence-corrected chi connectivity index (χ0v) is 19.8. The standard InChI is InChI=1S/C26H30N4OS/c1-4-22(25(31)27-21-7-5-6-8-21)32-26-28-23(19-13-9-17(2)10-14-19)24(29-30-26)20-15-11-18(3)12-16-20/h9-16,21-22H,4-8H2,1-3H3,(H,27,31). The number of carbonyl (C=O) groups is 1. The first-order valence-corrected chi connectivity index (χ1v) is 12.3. The zero-order chi connectivity index (χ0) is 22.5. The molecule has 0 radical (unpaired) electrons. The summed E-state index contributed by atoms with van der Waals surface area (Å²) >= 11 is 1.40. The molecule has 1 atom stereocenters. The highest BCUT2D eigenvalue weighted by Gasteiger charge is 2.25. The van der Waals surface area contributed by atoms with Crippen LogP contribution in [0.3, 0.4) is 0 Å². The van der Waals surface area contributed by atoms with Crippen molar-refractivity contribution in [1.82, 2.24) is 20.5 Å². The van der Waals surface area contributed by atoms with Gasteiger partial charge in [0.1, 0.15) is 11.4 Å². The first kappa shape index (κ1) is 22.5. The van der Waals surface area contributed by atoms with Gasteiger partial charge in [-0.2, -0.15) is 0 Å². The summed E-state index contributed by atoms with van der Waals surface area (Å²) in [5.41, 5.74) is 5.90. The van der Waals surface area contributed by atoms with E-state index in [9.17, 15) is 4.79 Å². The van der Waals surface area contributed by atoms with E-state index in [0.29, 0.717) is 17.6 Å². The Morgan fingerprint density at radius 2 is 1.50 bits per heavy atom. The monoisotopic (exact) mass is 446 g/mol. The lowest BCUT2D eigenvalue weighted by atomic mass is 10.0. The predicted molar refractivity (Wildman–Crippen MR) is 131 cm³/mol. The average molecular weight is 447 g/mol. The van der Waals surface area contributed by atoms with Crippen molar-refractivity contribution in [3.05, 3.63) is 59.7 Å². The van der Waals surface area contributed by atoms with Crippen molar-refractivity contribution in [1.29, 1.82) is 0 Å². The molecule has 32 heavy (non-hydrogen) atoms. The zero-order valence-electron chi connectivity index (χ0n) is 19.0. The third-order valence-electron chi connectivity index (χ3n) is 5.93. The predicted octanol–water partition coefficient (Wildman–Crippen LogP) is 5.75. The van der Waals surface area contributed by atoms with Crippen LogP contribution in [0.2, 0.25) is 0 Å². The van der Waals surface area contributed by atoms with Crippen molar-refractivity contribution in [2.24, 2.45) is 0 Å². The lowest BCUT2D eigenvalue weighted by Gasteiger charge is -2.18. The van der Waals surface area contributed by atoms with Gasteiger partial charge >= 0.3 is 0 Å². The molecule has 1 unspecified atom stereocenters.